The van der Waals surface area contributed by atoms with Crippen LogP contribution in [0.15, 0.2) is 29.2 Å². The number of carboxylic acid groups (broad SMARTS) is 1. The summed E-state index contributed by atoms with van der Waals surface area (Å²) in [6, 6.07) is 6.53. The number of benzene rings is 1. The van der Waals surface area contributed by atoms with Crippen LogP contribution in [-0.4, -0.2) is 43.5 Å². The molecular weight excluding hydrogens is 292 g/mol. The molecule has 0 aromatic heterocycles. The van der Waals surface area contributed by atoms with Crippen molar-refractivity contribution in [3.05, 3.63) is 29.8 Å². The second kappa shape index (κ2) is 5.75. The molecule has 7 heteroatoms. The van der Waals surface area contributed by atoms with E-state index in [9.17, 15) is 18.3 Å². The van der Waals surface area contributed by atoms with E-state index in [4.69, 9.17) is 0 Å². The number of rotatable bonds is 5. The molecule has 1 heterocycles. The summed E-state index contributed by atoms with van der Waals surface area (Å²) in [5.41, 5.74) is 0.0647. The fraction of sp³-hybridized carbons (Fsp3) is 0.500. The molecule has 1 aliphatic heterocycles. The van der Waals surface area contributed by atoms with Gasteiger partial charge in [0.15, 0.2) is 0 Å². The normalized spacial score (nSPS) is 23.3. The van der Waals surface area contributed by atoms with E-state index >= 15 is 0 Å². The Morgan fingerprint density at radius 1 is 1.38 bits per heavy atom. The Morgan fingerprint density at radius 3 is 2.52 bits per heavy atom. The molecule has 1 aromatic rings. The minimum Gasteiger partial charge on any atom is -0.480 e. The summed E-state index contributed by atoms with van der Waals surface area (Å²) in [6.45, 7) is 2.98. The highest BCUT2D eigenvalue weighted by Gasteiger charge is 2.43. The monoisotopic (exact) mass is 312 g/mol. The number of sulfonamides is 1. The highest BCUT2D eigenvalue weighted by atomic mass is 32.2. The van der Waals surface area contributed by atoms with Crippen LogP contribution < -0.4 is 4.72 Å². The largest absolute Gasteiger partial charge is 0.480 e. The van der Waals surface area contributed by atoms with Gasteiger partial charge in [0.1, 0.15) is 5.54 Å². The maximum atomic E-state index is 11.6. The lowest BCUT2D eigenvalue weighted by Gasteiger charge is -2.31. The quantitative estimate of drug-likeness (QED) is 0.848. The van der Waals surface area contributed by atoms with Gasteiger partial charge in [0.25, 0.3) is 0 Å². The van der Waals surface area contributed by atoms with E-state index in [1.54, 1.807) is 19.1 Å². The molecule has 2 N–H and O–H groups in total. The number of likely N-dealkylation sites (tertiary alicyclic amines) is 1. The number of nitrogens with one attached hydrogen (secondary N) is 1. The maximum absolute atomic E-state index is 11.6. The van der Waals surface area contributed by atoms with Crippen LogP contribution in [0.5, 0.6) is 0 Å². The second-order valence-corrected chi connectivity index (χ2v) is 7.34. The van der Waals surface area contributed by atoms with Crippen molar-refractivity contribution < 1.29 is 18.3 Å². The second-order valence-electron chi connectivity index (χ2n) is 5.46. The van der Waals surface area contributed by atoms with Crippen molar-refractivity contribution in [2.75, 3.05) is 13.6 Å². The average molecular weight is 312 g/mol. The zero-order valence-corrected chi connectivity index (χ0v) is 13.0. The highest BCUT2D eigenvalue weighted by Crippen LogP contribution is 2.30. The molecular formula is C14H20N2O4S. The first kappa shape index (κ1) is 15.9. The molecule has 1 aliphatic rings. The van der Waals surface area contributed by atoms with Crippen LogP contribution in [0.3, 0.4) is 0 Å². The Balaban J connectivity index is 2.16. The molecule has 0 amide bonds. The third kappa shape index (κ3) is 3.09. The first-order chi connectivity index (χ1) is 9.79. The van der Waals surface area contributed by atoms with Gasteiger partial charge < -0.3 is 5.11 Å². The van der Waals surface area contributed by atoms with Crippen molar-refractivity contribution >= 4 is 16.0 Å². The number of carbonyl (C=O) groups is 1. The molecule has 0 aliphatic carbocycles. The number of nitrogens with zero attached hydrogens (tertiary/aromatic N) is 1. The van der Waals surface area contributed by atoms with Gasteiger partial charge in [0, 0.05) is 6.54 Å². The van der Waals surface area contributed by atoms with E-state index in [0.717, 1.165) is 18.5 Å². The predicted octanol–water partition coefficient (Wildman–Crippen LogP) is 1.03. The van der Waals surface area contributed by atoms with Crippen molar-refractivity contribution in [1.82, 2.24) is 9.62 Å². The molecule has 0 bridgehead atoms. The molecule has 116 valence electrons. The zero-order valence-electron chi connectivity index (χ0n) is 12.2. The van der Waals surface area contributed by atoms with Crippen LogP contribution in [0.1, 0.15) is 25.3 Å². The van der Waals surface area contributed by atoms with E-state index in [2.05, 4.69) is 4.72 Å². The van der Waals surface area contributed by atoms with Gasteiger partial charge in [0.2, 0.25) is 10.0 Å². The lowest BCUT2D eigenvalue weighted by molar-refractivity contribution is -0.148. The number of hydrogen-bond acceptors (Lipinski definition) is 4. The molecule has 6 nitrogen and oxygen atoms in total. The van der Waals surface area contributed by atoms with E-state index in [1.807, 2.05) is 4.90 Å². The molecule has 0 spiro atoms. The number of hydrogen-bond donors (Lipinski definition) is 2. The number of aliphatic carboxylic acids is 1. The fourth-order valence-electron chi connectivity index (χ4n) is 2.63. The summed E-state index contributed by atoms with van der Waals surface area (Å²) in [7, 11) is -2.07. The summed E-state index contributed by atoms with van der Waals surface area (Å²) >= 11 is 0. The van der Waals surface area contributed by atoms with Gasteiger partial charge in [0.05, 0.1) is 4.90 Å². The third-order valence-electron chi connectivity index (χ3n) is 4.13. The van der Waals surface area contributed by atoms with Gasteiger partial charge in [-0.1, -0.05) is 12.1 Å². The lowest BCUT2D eigenvalue weighted by atomic mass is 9.99. The van der Waals surface area contributed by atoms with Crippen molar-refractivity contribution in [1.29, 1.82) is 0 Å². The number of carboxylic acids is 1. The van der Waals surface area contributed by atoms with Crippen molar-refractivity contribution in [2.45, 2.75) is 36.7 Å². The standard InChI is InChI=1S/C14H20N2O4S/c1-14(13(17)18)8-3-9-16(14)10-11-4-6-12(7-5-11)21(19,20)15-2/h4-7,15H,3,8-10H2,1-2H3,(H,17,18). The Bertz CT molecular complexity index is 627. The molecule has 0 radical (unpaired) electrons. The molecule has 0 saturated carbocycles. The van der Waals surface area contributed by atoms with Crippen LogP contribution in [-0.2, 0) is 21.4 Å². The van der Waals surface area contributed by atoms with E-state index in [1.165, 1.54) is 19.2 Å². The summed E-state index contributed by atoms with van der Waals surface area (Å²) < 4.78 is 25.6. The Kier molecular flexibility index (Phi) is 4.36. The van der Waals surface area contributed by atoms with E-state index in [-0.39, 0.29) is 4.90 Å². The third-order valence-corrected chi connectivity index (χ3v) is 5.56. The van der Waals surface area contributed by atoms with Crippen LogP contribution >= 0.6 is 0 Å². The first-order valence-electron chi connectivity index (χ1n) is 6.80. The molecule has 1 fully saturated rings. The topological polar surface area (TPSA) is 86.7 Å². The fourth-order valence-corrected chi connectivity index (χ4v) is 3.36. The van der Waals surface area contributed by atoms with Gasteiger partial charge in [-0.2, -0.15) is 0 Å². The van der Waals surface area contributed by atoms with Gasteiger partial charge in [-0.05, 0) is 51.1 Å². The van der Waals surface area contributed by atoms with Crippen molar-refractivity contribution in [2.24, 2.45) is 0 Å². The maximum Gasteiger partial charge on any atom is 0.323 e. The first-order valence-corrected chi connectivity index (χ1v) is 8.29. The minimum atomic E-state index is -3.44. The summed E-state index contributed by atoms with van der Waals surface area (Å²) in [5, 5.41) is 9.37. The Labute approximate surface area is 124 Å². The summed E-state index contributed by atoms with van der Waals surface area (Å²) in [5.74, 6) is -0.811. The molecule has 1 atom stereocenters. The molecule has 1 aromatic carbocycles. The van der Waals surface area contributed by atoms with Crippen LogP contribution in [0, 0.1) is 0 Å². The van der Waals surface area contributed by atoms with Crippen LogP contribution in [0.4, 0.5) is 0 Å². The van der Waals surface area contributed by atoms with Gasteiger partial charge in [-0.25, -0.2) is 13.1 Å². The summed E-state index contributed by atoms with van der Waals surface area (Å²) in [4.78, 5) is 13.6. The van der Waals surface area contributed by atoms with Gasteiger partial charge in [-0.15, -0.1) is 0 Å². The van der Waals surface area contributed by atoms with Crippen molar-refractivity contribution in [3.8, 4) is 0 Å². The van der Waals surface area contributed by atoms with Crippen molar-refractivity contribution in [3.63, 3.8) is 0 Å². The lowest BCUT2D eigenvalue weighted by Crippen LogP contribution is -2.47. The molecule has 2 rings (SSSR count). The zero-order chi connectivity index (χ0) is 15.7. The molecule has 1 unspecified atom stereocenters. The Hall–Kier alpha value is -1.44. The van der Waals surface area contributed by atoms with Gasteiger partial charge >= 0.3 is 5.97 Å². The van der Waals surface area contributed by atoms with E-state index < -0.39 is 21.5 Å². The van der Waals surface area contributed by atoms with Crippen LogP contribution in [0.2, 0.25) is 0 Å². The smallest absolute Gasteiger partial charge is 0.323 e. The van der Waals surface area contributed by atoms with Crippen LogP contribution in [0.25, 0.3) is 0 Å². The Morgan fingerprint density at radius 2 is 2.00 bits per heavy atom. The van der Waals surface area contributed by atoms with Gasteiger partial charge in [-0.3, -0.25) is 9.69 Å². The van der Waals surface area contributed by atoms with E-state index in [0.29, 0.717) is 13.0 Å². The average Bonchev–Trinajstić information content (AvgIpc) is 2.82. The minimum absolute atomic E-state index is 0.205. The molecule has 1 saturated heterocycles. The predicted molar refractivity (Wildman–Crippen MR) is 78.4 cm³/mol. The molecule has 21 heavy (non-hydrogen) atoms. The summed E-state index contributed by atoms with van der Waals surface area (Å²) in [6.07, 6.45) is 1.49. The highest BCUT2D eigenvalue weighted by molar-refractivity contribution is 7.89. The SMILES string of the molecule is CNS(=O)(=O)c1ccc(CN2CCCC2(C)C(=O)O)cc1.